The van der Waals surface area contributed by atoms with Crippen molar-refractivity contribution in [2.24, 2.45) is 11.8 Å². The van der Waals surface area contributed by atoms with Crippen molar-refractivity contribution < 1.29 is 19.8 Å². The molecule has 0 aliphatic heterocycles. The Hall–Kier alpha value is 0.458. The minimum Gasteiger partial charge on any atom is -0.549 e. The molecule has 161 valence electrons. The first-order valence-corrected chi connectivity index (χ1v) is 12.1. The van der Waals surface area contributed by atoms with Gasteiger partial charge in [-0.3, -0.25) is 0 Å². The van der Waals surface area contributed by atoms with Crippen molar-refractivity contribution in [3.05, 3.63) is 0 Å². The summed E-state index contributed by atoms with van der Waals surface area (Å²) < 4.78 is 0. The van der Waals surface area contributed by atoms with E-state index in [4.69, 9.17) is 0 Å². The second-order valence-corrected chi connectivity index (χ2v) is 9.55. The van der Waals surface area contributed by atoms with Gasteiger partial charge in [-0.1, -0.05) is 66.2 Å². The molecule has 0 aliphatic rings. The normalized spacial score (nSPS) is 10.3. The van der Waals surface area contributed by atoms with Gasteiger partial charge in [0, 0.05) is 35.9 Å². The van der Waals surface area contributed by atoms with Crippen molar-refractivity contribution in [1.29, 1.82) is 0 Å². The van der Waals surface area contributed by atoms with E-state index in [1.807, 2.05) is 0 Å². The van der Waals surface area contributed by atoms with Crippen molar-refractivity contribution in [3.8, 4) is 0 Å². The summed E-state index contributed by atoms with van der Waals surface area (Å²) in [7, 11) is 0. The van der Waals surface area contributed by atoms with E-state index in [0.29, 0.717) is 0 Å². The second kappa shape index (κ2) is 24.5. The van der Waals surface area contributed by atoms with Gasteiger partial charge in [0.1, 0.15) is 0 Å². The molecule has 3 radical (unpaired) electrons. The summed E-state index contributed by atoms with van der Waals surface area (Å²) in [5, 5.41) is 20.1. The van der Waals surface area contributed by atoms with Crippen LogP contribution in [0.25, 0.3) is 0 Å². The molecule has 0 spiro atoms. The molecule has 0 N–H and O–H groups in total. The van der Waals surface area contributed by atoms with E-state index >= 15 is 0 Å². The van der Waals surface area contributed by atoms with Crippen LogP contribution in [-0.2, 0) is 9.59 Å². The summed E-state index contributed by atoms with van der Waals surface area (Å²) in [6, 6.07) is 0. The van der Waals surface area contributed by atoms with E-state index in [2.05, 4.69) is 27.7 Å². The van der Waals surface area contributed by atoms with Crippen molar-refractivity contribution in [2.75, 3.05) is 23.0 Å². The molecule has 4 nitrogen and oxygen atoms in total. The number of hydrogen-bond donors (Lipinski definition) is 0. The van der Waals surface area contributed by atoms with Gasteiger partial charge in [-0.25, -0.2) is 0 Å². The quantitative estimate of drug-likeness (QED) is 0.227. The summed E-state index contributed by atoms with van der Waals surface area (Å²) in [6.45, 7) is 8.91. The van der Waals surface area contributed by atoms with Gasteiger partial charge in [-0.15, -0.1) is 0 Å². The maximum Gasteiger partial charge on any atom is 0.0513 e. The van der Waals surface area contributed by atoms with Gasteiger partial charge in [0.25, 0.3) is 0 Å². The Bertz CT molecular complexity index is 308. The van der Waals surface area contributed by atoms with E-state index < -0.39 is 11.9 Å². The topological polar surface area (TPSA) is 80.3 Å². The van der Waals surface area contributed by atoms with Gasteiger partial charge in [0.15, 0.2) is 0 Å². The molecule has 0 unspecified atom stereocenters. The molecule has 0 amide bonds. The number of rotatable bonds is 16. The summed E-state index contributed by atoms with van der Waals surface area (Å²) in [5.41, 5.74) is 0. The van der Waals surface area contributed by atoms with Crippen molar-refractivity contribution in [2.45, 2.75) is 79.1 Å². The van der Waals surface area contributed by atoms with Crippen LogP contribution in [0.3, 0.4) is 0 Å². The molecule has 7 heteroatoms. The first-order valence-electron chi connectivity index (χ1n) is 9.80. The summed E-state index contributed by atoms with van der Waals surface area (Å²) >= 11 is 2.92. The number of hydrogen-bond acceptors (Lipinski definition) is 6. The smallest absolute Gasteiger partial charge is 0.0513 e. The number of carboxylic acids is 2. The van der Waals surface area contributed by atoms with Crippen molar-refractivity contribution in [3.63, 3.8) is 0 Å². The predicted octanol–water partition coefficient (Wildman–Crippen LogP) is 2.99. The molecule has 0 heterocycles. The fraction of sp³-hybridized carbons (Fsp3) is 0.900. The second-order valence-electron chi connectivity index (χ2n) is 7.34. The maximum absolute atomic E-state index is 10.0. The van der Waals surface area contributed by atoms with E-state index in [1.54, 1.807) is 0 Å². The number of carboxylic acid groups (broad SMARTS) is 2. The van der Waals surface area contributed by atoms with Crippen LogP contribution in [0.1, 0.15) is 79.1 Å². The van der Waals surface area contributed by atoms with E-state index in [9.17, 15) is 19.8 Å². The zero-order valence-corrected chi connectivity index (χ0v) is 21.7. The number of unbranched alkanes of at least 4 members (excludes halogenated alkanes) is 4. The maximum atomic E-state index is 10.0. The number of aliphatic carboxylic acids is 2. The molecule has 0 aromatic heterocycles. The molecule has 0 aromatic rings. The van der Waals surface area contributed by atoms with Gasteiger partial charge in [-0.2, -0.15) is 23.5 Å². The molecule has 0 saturated carbocycles. The Morgan fingerprint density at radius 3 is 1.26 bits per heavy atom. The van der Waals surface area contributed by atoms with Crippen molar-refractivity contribution in [1.82, 2.24) is 0 Å². The summed E-state index contributed by atoms with van der Waals surface area (Å²) in [4.78, 5) is 20.1. The minimum atomic E-state index is -0.952. The van der Waals surface area contributed by atoms with Gasteiger partial charge >= 0.3 is 0 Å². The van der Waals surface area contributed by atoms with Crippen LogP contribution in [0.5, 0.6) is 0 Å². The third-order valence-electron chi connectivity index (χ3n) is 3.58. The van der Waals surface area contributed by atoms with Crippen LogP contribution in [0, 0.1) is 11.8 Å². The minimum absolute atomic E-state index is 0. The van der Waals surface area contributed by atoms with E-state index in [-0.39, 0.29) is 35.9 Å². The summed E-state index contributed by atoms with van der Waals surface area (Å²) in [5.74, 6) is 1.86. The van der Waals surface area contributed by atoms with E-state index in [0.717, 1.165) is 36.2 Å². The molecule has 0 fully saturated rings. The van der Waals surface area contributed by atoms with Crippen LogP contribution in [0.15, 0.2) is 0 Å². The molecule has 0 saturated heterocycles. The van der Waals surface area contributed by atoms with Crippen LogP contribution in [0.4, 0.5) is 0 Å². The largest absolute Gasteiger partial charge is 0.549 e. The van der Waals surface area contributed by atoms with Gasteiger partial charge < -0.3 is 19.8 Å². The molecular formula is C20H38O4S2Sb-2. The fourth-order valence-electron chi connectivity index (χ4n) is 2.18. The Morgan fingerprint density at radius 2 is 1.00 bits per heavy atom. The zero-order chi connectivity index (χ0) is 20.2. The molecule has 0 aliphatic carbocycles. The number of thioether (sulfide) groups is 2. The SMILES string of the molecule is CC(C)CCCCCSCC(=O)[O-].CC(C)CCCCCSCC(=O)[O-].[Sb]. The fourth-order valence-corrected chi connectivity index (χ4v) is 3.62. The predicted molar refractivity (Wildman–Crippen MR) is 117 cm³/mol. The Kier molecular flexibility index (Phi) is 29.2. The monoisotopic (exact) mass is 527 g/mol. The van der Waals surface area contributed by atoms with Crippen LogP contribution >= 0.6 is 23.5 Å². The van der Waals surface area contributed by atoms with Gasteiger partial charge in [-0.05, 0) is 36.2 Å². The average molecular weight is 528 g/mol. The standard InChI is InChI=1S/2C10H20O2S.Sb/c2*1-9(2)6-4-3-5-7-13-8-10(11)12;/h2*9H,3-8H2,1-2H3,(H,11,12);/p-2. The van der Waals surface area contributed by atoms with Gasteiger partial charge in [0.05, 0.1) is 11.9 Å². The molecule has 0 rings (SSSR count). The van der Waals surface area contributed by atoms with Crippen LogP contribution in [0.2, 0.25) is 0 Å². The van der Waals surface area contributed by atoms with E-state index in [1.165, 1.54) is 62.0 Å². The van der Waals surface area contributed by atoms with Crippen molar-refractivity contribution >= 4 is 59.9 Å². The van der Waals surface area contributed by atoms with Crippen LogP contribution in [-0.4, -0.2) is 59.4 Å². The first-order chi connectivity index (χ1) is 12.3. The third-order valence-corrected chi connectivity index (χ3v) is 5.61. The Morgan fingerprint density at radius 1 is 0.667 bits per heavy atom. The molecule has 0 bridgehead atoms. The first kappa shape index (κ1) is 32.1. The Labute approximate surface area is 192 Å². The summed E-state index contributed by atoms with van der Waals surface area (Å²) in [6.07, 6.45) is 9.80. The third kappa shape index (κ3) is 37.8. The molecule has 0 aromatic carbocycles. The molecular weight excluding hydrogens is 490 g/mol. The van der Waals surface area contributed by atoms with Gasteiger partial charge in [0.2, 0.25) is 0 Å². The molecule has 0 atom stereocenters. The Balaban J connectivity index is -0.000000411. The van der Waals surface area contributed by atoms with Crippen LogP contribution < -0.4 is 10.2 Å². The number of carbonyl (C=O) groups excluding carboxylic acids is 2. The number of carbonyl (C=O) groups is 2. The zero-order valence-electron chi connectivity index (χ0n) is 17.5. The molecule has 27 heavy (non-hydrogen) atoms. The average Bonchev–Trinajstić information content (AvgIpc) is 2.52.